The Kier molecular flexibility index (Phi) is 8.84. The summed E-state index contributed by atoms with van der Waals surface area (Å²) in [6.45, 7) is 11.6. The Balaban J connectivity index is 4.39. The van der Waals surface area contributed by atoms with Crippen LogP contribution < -0.4 is 0 Å². The predicted octanol–water partition coefficient (Wildman–Crippen LogP) is 3.76. The summed E-state index contributed by atoms with van der Waals surface area (Å²) in [5.41, 5.74) is 0. The highest BCUT2D eigenvalue weighted by Crippen LogP contribution is 2.45. The fraction of sp³-hybridized carbons (Fsp3) is 0.917. The number of rotatable bonds is 8. The topological polar surface area (TPSA) is 36.3 Å². The third-order valence-corrected chi connectivity index (χ3v) is 4.93. The van der Waals surface area contributed by atoms with Crippen molar-refractivity contribution >= 4 is 8.30 Å². The van der Waals surface area contributed by atoms with Crippen molar-refractivity contribution in [3.8, 4) is 6.07 Å². The molecule has 0 fully saturated rings. The van der Waals surface area contributed by atoms with Crippen molar-refractivity contribution in [2.24, 2.45) is 0 Å². The molecule has 0 aliphatic heterocycles. The molecular formula is C12H25N2OP. The van der Waals surface area contributed by atoms with Crippen LogP contribution in [0.1, 0.15) is 47.5 Å². The van der Waals surface area contributed by atoms with Crippen LogP contribution in [0.2, 0.25) is 0 Å². The zero-order chi connectivity index (χ0) is 12.6. The molecule has 1 atom stereocenters. The lowest BCUT2D eigenvalue weighted by Crippen LogP contribution is -2.33. The zero-order valence-electron chi connectivity index (χ0n) is 11.2. The monoisotopic (exact) mass is 244 g/mol. The zero-order valence-corrected chi connectivity index (χ0v) is 12.1. The first kappa shape index (κ1) is 15.8. The molecular weight excluding hydrogens is 219 g/mol. The summed E-state index contributed by atoms with van der Waals surface area (Å²) in [5, 5.41) is 8.57. The molecule has 0 aliphatic rings. The summed E-state index contributed by atoms with van der Waals surface area (Å²) < 4.78 is 8.30. The van der Waals surface area contributed by atoms with E-state index in [9.17, 15) is 0 Å². The summed E-state index contributed by atoms with van der Waals surface area (Å²) in [4.78, 5) is 0. The van der Waals surface area contributed by atoms with E-state index in [2.05, 4.69) is 38.4 Å². The van der Waals surface area contributed by atoms with Crippen molar-refractivity contribution in [3.63, 3.8) is 0 Å². The van der Waals surface area contributed by atoms with Crippen molar-refractivity contribution in [2.45, 2.75) is 59.5 Å². The smallest absolute Gasteiger partial charge is 0.104 e. The molecule has 0 aromatic heterocycles. The summed E-state index contributed by atoms with van der Waals surface area (Å²) in [5.74, 6) is 0. The van der Waals surface area contributed by atoms with E-state index in [0.29, 0.717) is 18.5 Å². The second kappa shape index (κ2) is 8.93. The first-order valence-electron chi connectivity index (χ1n) is 6.10. The normalized spacial score (nSPS) is 13.4. The maximum Gasteiger partial charge on any atom is 0.104 e. The molecule has 0 amide bonds. The van der Waals surface area contributed by atoms with Crippen LogP contribution in [-0.2, 0) is 4.52 Å². The van der Waals surface area contributed by atoms with Gasteiger partial charge in [-0.15, -0.1) is 0 Å². The molecule has 0 rings (SSSR count). The molecule has 0 N–H and O–H groups in total. The largest absolute Gasteiger partial charge is 0.344 e. The molecule has 0 saturated heterocycles. The van der Waals surface area contributed by atoms with Crippen molar-refractivity contribution in [2.75, 3.05) is 12.8 Å². The van der Waals surface area contributed by atoms with Gasteiger partial charge in [-0.05, 0) is 41.0 Å². The average Bonchev–Trinajstić information content (AvgIpc) is 2.17. The van der Waals surface area contributed by atoms with Gasteiger partial charge in [0.15, 0.2) is 0 Å². The van der Waals surface area contributed by atoms with E-state index < -0.39 is 8.30 Å². The molecule has 0 saturated carbocycles. The minimum atomic E-state index is -0.532. The van der Waals surface area contributed by atoms with Gasteiger partial charge in [-0.3, -0.25) is 4.67 Å². The van der Waals surface area contributed by atoms with Crippen molar-refractivity contribution < 1.29 is 4.52 Å². The molecule has 3 nitrogen and oxygen atoms in total. The average molecular weight is 244 g/mol. The summed E-state index contributed by atoms with van der Waals surface area (Å²) in [7, 11) is -0.532. The van der Waals surface area contributed by atoms with Crippen LogP contribution in [0.4, 0.5) is 0 Å². The summed E-state index contributed by atoms with van der Waals surface area (Å²) >= 11 is 0. The lowest BCUT2D eigenvalue weighted by atomic mass is 10.3. The Morgan fingerprint density at radius 1 is 1.25 bits per heavy atom. The van der Waals surface area contributed by atoms with Crippen LogP contribution in [0.15, 0.2) is 0 Å². The maximum atomic E-state index is 8.57. The van der Waals surface area contributed by atoms with E-state index in [1.54, 1.807) is 0 Å². The van der Waals surface area contributed by atoms with Crippen LogP contribution in [0.3, 0.4) is 0 Å². The molecule has 0 aromatic rings. The van der Waals surface area contributed by atoms with Crippen molar-refractivity contribution in [1.82, 2.24) is 4.67 Å². The van der Waals surface area contributed by atoms with Gasteiger partial charge < -0.3 is 4.52 Å². The van der Waals surface area contributed by atoms with E-state index in [0.717, 1.165) is 19.2 Å². The van der Waals surface area contributed by atoms with Gasteiger partial charge >= 0.3 is 0 Å². The molecule has 0 aromatic carbocycles. The van der Waals surface area contributed by atoms with Gasteiger partial charge in [-0.25, -0.2) is 0 Å². The molecule has 4 heteroatoms. The van der Waals surface area contributed by atoms with E-state index in [4.69, 9.17) is 9.79 Å². The molecule has 94 valence electrons. The van der Waals surface area contributed by atoms with Crippen LogP contribution in [-0.4, -0.2) is 29.5 Å². The fourth-order valence-corrected chi connectivity index (χ4v) is 4.05. The lowest BCUT2D eigenvalue weighted by molar-refractivity contribution is 0.260. The van der Waals surface area contributed by atoms with Crippen molar-refractivity contribution in [1.29, 1.82) is 5.26 Å². The van der Waals surface area contributed by atoms with Crippen LogP contribution in [0.5, 0.6) is 0 Å². The molecule has 1 unspecified atom stereocenters. The summed E-state index contributed by atoms with van der Waals surface area (Å²) in [6, 6.07) is 3.20. The van der Waals surface area contributed by atoms with Gasteiger partial charge in [0.1, 0.15) is 8.30 Å². The third-order valence-electron chi connectivity index (χ3n) is 2.23. The minimum absolute atomic E-state index is 0.500. The molecule has 0 heterocycles. The van der Waals surface area contributed by atoms with E-state index in [-0.39, 0.29) is 0 Å². The van der Waals surface area contributed by atoms with E-state index >= 15 is 0 Å². The Labute approximate surface area is 102 Å². The second-order valence-corrected chi connectivity index (χ2v) is 6.19. The Morgan fingerprint density at radius 3 is 2.19 bits per heavy atom. The van der Waals surface area contributed by atoms with Crippen LogP contribution in [0, 0.1) is 11.3 Å². The number of nitrogens with zero attached hydrogens (tertiary/aromatic N) is 2. The molecule has 0 radical (unpaired) electrons. The highest BCUT2D eigenvalue weighted by molar-refractivity contribution is 7.50. The first-order valence-corrected chi connectivity index (χ1v) is 7.50. The number of hydrogen-bond donors (Lipinski definition) is 0. The van der Waals surface area contributed by atoms with Gasteiger partial charge in [0.05, 0.1) is 6.07 Å². The standard InChI is InChI=1S/C12H25N2OP/c1-6-15-16(10-8-7-9-13)14(11(2)3)12(4)5/h11-12H,6-8,10H2,1-5H3. The molecule has 0 aliphatic carbocycles. The summed E-state index contributed by atoms with van der Waals surface area (Å²) in [6.07, 6.45) is 2.58. The van der Waals surface area contributed by atoms with Gasteiger partial charge in [0.2, 0.25) is 0 Å². The molecule has 0 bridgehead atoms. The highest BCUT2D eigenvalue weighted by Gasteiger charge is 2.24. The Bertz CT molecular complexity index is 206. The minimum Gasteiger partial charge on any atom is -0.344 e. The lowest BCUT2D eigenvalue weighted by Gasteiger charge is -2.37. The molecule has 16 heavy (non-hydrogen) atoms. The van der Waals surface area contributed by atoms with Gasteiger partial charge in [-0.2, -0.15) is 5.26 Å². The van der Waals surface area contributed by atoms with Crippen LogP contribution >= 0.6 is 8.30 Å². The third kappa shape index (κ3) is 5.80. The SMILES string of the molecule is CCOP(CCCC#N)N(C(C)C)C(C)C. The highest BCUT2D eigenvalue weighted by atomic mass is 31.2. The fourth-order valence-electron chi connectivity index (χ4n) is 1.80. The number of unbranched alkanes of at least 4 members (excludes halogenated alkanes) is 1. The number of hydrogen-bond acceptors (Lipinski definition) is 3. The van der Waals surface area contributed by atoms with Gasteiger partial charge in [0.25, 0.3) is 0 Å². The van der Waals surface area contributed by atoms with Gasteiger partial charge in [-0.1, -0.05) is 0 Å². The first-order chi connectivity index (χ1) is 7.54. The Hall–Kier alpha value is -0.160. The quantitative estimate of drug-likeness (QED) is 0.482. The second-order valence-electron chi connectivity index (χ2n) is 4.32. The van der Waals surface area contributed by atoms with E-state index in [1.165, 1.54) is 0 Å². The number of nitriles is 1. The predicted molar refractivity (Wildman–Crippen MR) is 70.4 cm³/mol. The van der Waals surface area contributed by atoms with Gasteiger partial charge in [0, 0.05) is 31.3 Å². The molecule has 0 spiro atoms. The Morgan fingerprint density at radius 2 is 1.81 bits per heavy atom. The maximum absolute atomic E-state index is 8.57. The van der Waals surface area contributed by atoms with Crippen LogP contribution in [0.25, 0.3) is 0 Å². The van der Waals surface area contributed by atoms with E-state index in [1.807, 2.05) is 6.92 Å². The van der Waals surface area contributed by atoms with Crippen molar-refractivity contribution in [3.05, 3.63) is 0 Å².